The Morgan fingerprint density at radius 2 is 2.19 bits per heavy atom. The van der Waals surface area contributed by atoms with Crippen molar-refractivity contribution in [2.24, 2.45) is 5.92 Å². The molecule has 21 heavy (non-hydrogen) atoms. The topological polar surface area (TPSA) is 66.8 Å². The summed E-state index contributed by atoms with van der Waals surface area (Å²) >= 11 is 0. The summed E-state index contributed by atoms with van der Waals surface area (Å²) < 4.78 is 5.04. The number of rotatable bonds is 3. The Hall–Kier alpha value is -2.04. The van der Waals surface area contributed by atoms with Crippen LogP contribution in [0.25, 0.3) is 0 Å². The lowest BCUT2D eigenvalue weighted by molar-refractivity contribution is -0.149. The van der Waals surface area contributed by atoms with Gasteiger partial charge in [0.15, 0.2) is 0 Å². The van der Waals surface area contributed by atoms with Crippen LogP contribution in [0.3, 0.4) is 0 Å². The third kappa shape index (κ3) is 3.54. The molecule has 0 aromatic heterocycles. The molecule has 1 aliphatic heterocycles. The number of likely N-dealkylation sites (tertiary alicyclic amines) is 1. The SMILES string of the molecule is CCOC(=O)C1CCCN(C(=O)c2ccc(O)c(C)c2)C1. The molecule has 2 rings (SSSR count). The highest BCUT2D eigenvalue weighted by Crippen LogP contribution is 2.22. The fourth-order valence-electron chi connectivity index (χ4n) is 2.59. The Morgan fingerprint density at radius 1 is 1.43 bits per heavy atom. The molecule has 1 unspecified atom stereocenters. The maximum Gasteiger partial charge on any atom is 0.310 e. The predicted molar refractivity (Wildman–Crippen MR) is 78.1 cm³/mol. The second-order valence-corrected chi connectivity index (χ2v) is 5.34. The van der Waals surface area contributed by atoms with E-state index in [1.54, 1.807) is 30.9 Å². The van der Waals surface area contributed by atoms with Crippen LogP contribution in [0.4, 0.5) is 0 Å². The first kappa shape index (κ1) is 15.4. The van der Waals surface area contributed by atoms with E-state index < -0.39 is 0 Å². The van der Waals surface area contributed by atoms with E-state index in [2.05, 4.69) is 0 Å². The van der Waals surface area contributed by atoms with Gasteiger partial charge in [-0.25, -0.2) is 0 Å². The third-order valence-electron chi connectivity index (χ3n) is 3.77. The van der Waals surface area contributed by atoms with E-state index in [0.717, 1.165) is 12.8 Å². The molecule has 114 valence electrons. The Kier molecular flexibility index (Phi) is 4.83. The van der Waals surface area contributed by atoms with Crippen LogP contribution in [-0.4, -0.2) is 41.6 Å². The molecule has 5 nitrogen and oxygen atoms in total. The average Bonchev–Trinajstić information content (AvgIpc) is 2.49. The lowest BCUT2D eigenvalue weighted by Gasteiger charge is -2.31. The molecule has 0 aliphatic carbocycles. The van der Waals surface area contributed by atoms with Crippen LogP contribution in [-0.2, 0) is 9.53 Å². The summed E-state index contributed by atoms with van der Waals surface area (Å²) in [4.78, 5) is 26.0. The minimum absolute atomic E-state index is 0.105. The zero-order valence-electron chi connectivity index (χ0n) is 12.5. The third-order valence-corrected chi connectivity index (χ3v) is 3.77. The largest absolute Gasteiger partial charge is 0.508 e. The standard InChI is InChI=1S/C16H21NO4/c1-3-21-16(20)13-5-4-8-17(10-13)15(19)12-6-7-14(18)11(2)9-12/h6-7,9,13,18H,3-5,8,10H2,1-2H3. The number of piperidine rings is 1. The van der Waals surface area contributed by atoms with Gasteiger partial charge in [0.1, 0.15) is 5.75 Å². The lowest BCUT2D eigenvalue weighted by atomic mass is 9.97. The number of hydrogen-bond acceptors (Lipinski definition) is 4. The zero-order valence-corrected chi connectivity index (χ0v) is 12.5. The van der Waals surface area contributed by atoms with Crippen molar-refractivity contribution in [1.82, 2.24) is 4.90 Å². The van der Waals surface area contributed by atoms with Gasteiger partial charge >= 0.3 is 5.97 Å². The molecule has 1 aromatic rings. The molecule has 1 amide bonds. The first-order valence-electron chi connectivity index (χ1n) is 7.28. The molecule has 1 heterocycles. The van der Waals surface area contributed by atoms with Crippen LogP contribution in [0.15, 0.2) is 18.2 Å². The summed E-state index contributed by atoms with van der Waals surface area (Å²) in [5.74, 6) is -0.389. The van der Waals surface area contributed by atoms with Crippen LogP contribution in [0, 0.1) is 12.8 Å². The monoisotopic (exact) mass is 291 g/mol. The quantitative estimate of drug-likeness (QED) is 0.866. The zero-order chi connectivity index (χ0) is 15.4. The average molecular weight is 291 g/mol. The van der Waals surface area contributed by atoms with Crippen LogP contribution in [0.5, 0.6) is 5.75 Å². The van der Waals surface area contributed by atoms with Crippen molar-refractivity contribution in [2.45, 2.75) is 26.7 Å². The normalized spacial score (nSPS) is 18.4. The number of aromatic hydroxyl groups is 1. The molecule has 0 saturated carbocycles. The number of nitrogens with zero attached hydrogens (tertiary/aromatic N) is 1. The van der Waals surface area contributed by atoms with Crippen LogP contribution >= 0.6 is 0 Å². The van der Waals surface area contributed by atoms with Crippen molar-refractivity contribution in [3.63, 3.8) is 0 Å². The Balaban J connectivity index is 2.08. The molecule has 1 N–H and O–H groups in total. The van der Waals surface area contributed by atoms with E-state index in [1.807, 2.05) is 0 Å². The minimum atomic E-state index is -0.235. The van der Waals surface area contributed by atoms with Crippen molar-refractivity contribution in [3.05, 3.63) is 29.3 Å². The summed E-state index contributed by atoms with van der Waals surface area (Å²) in [7, 11) is 0. The Labute approximate surface area is 124 Å². The second kappa shape index (κ2) is 6.61. The molecule has 0 spiro atoms. The van der Waals surface area contributed by atoms with E-state index >= 15 is 0 Å². The van der Waals surface area contributed by atoms with E-state index in [-0.39, 0.29) is 23.5 Å². The number of amides is 1. The van der Waals surface area contributed by atoms with E-state index in [4.69, 9.17) is 4.74 Å². The predicted octanol–water partition coefficient (Wildman–Crippen LogP) is 2.12. The smallest absolute Gasteiger partial charge is 0.310 e. The highest BCUT2D eigenvalue weighted by molar-refractivity contribution is 5.95. The number of carbonyl (C=O) groups is 2. The summed E-state index contributed by atoms with van der Waals surface area (Å²) in [6.45, 7) is 4.94. The van der Waals surface area contributed by atoms with Crippen molar-refractivity contribution in [1.29, 1.82) is 0 Å². The first-order valence-corrected chi connectivity index (χ1v) is 7.28. The summed E-state index contributed by atoms with van der Waals surface area (Å²) in [5, 5.41) is 9.52. The lowest BCUT2D eigenvalue weighted by Crippen LogP contribution is -2.42. The molecule has 1 aromatic carbocycles. The molecule has 0 bridgehead atoms. The highest BCUT2D eigenvalue weighted by Gasteiger charge is 2.29. The molecule has 1 aliphatic rings. The number of esters is 1. The van der Waals surface area contributed by atoms with Gasteiger partial charge in [-0.1, -0.05) is 0 Å². The molecular formula is C16H21NO4. The van der Waals surface area contributed by atoms with Crippen LogP contribution in [0.2, 0.25) is 0 Å². The summed E-state index contributed by atoms with van der Waals surface area (Å²) in [6.07, 6.45) is 1.56. The van der Waals surface area contributed by atoms with Crippen molar-refractivity contribution in [2.75, 3.05) is 19.7 Å². The maximum absolute atomic E-state index is 12.5. The van der Waals surface area contributed by atoms with E-state index in [9.17, 15) is 14.7 Å². The second-order valence-electron chi connectivity index (χ2n) is 5.34. The van der Waals surface area contributed by atoms with Gasteiger partial charge in [0.05, 0.1) is 12.5 Å². The van der Waals surface area contributed by atoms with Crippen molar-refractivity contribution < 1.29 is 19.4 Å². The number of ether oxygens (including phenoxy) is 1. The van der Waals surface area contributed by atoms with Crippen molar-refractivity contribution >= 4 is 11.9 Å². The first-order chi connectivity index (χ1) is 10.0. The molecule has 5 heteroatoms. The van der Waals surface area contributed by atoms with Gasteiger partial charge in [0, 0.05) is 18.7 Å². The van der Waals surface area contributed by atoms with Gasteiger partial charge in [-0.3, -0.25) is 9.59 Å². The number of phenols is 1. The van der Waals surface area contributed by atoms with Gasteiger partial charge in [0.25, 0.3) is 5.91 Å². The maximum atomic E-state index is 12.5. The fraction of sp³-hybridized carbons (Fsp3) is 0.500. The van der Waals surface area contributed by atoms with Crippen molar-refractivity contribution in [3.8, 4) is 5.75 Å². The minimum Gasteiger partial charge on any atom is -0.508 e. The van der Waals surface area contributed by atoms with Gasteiger partial charge in [-0.2, -0.15) is 0 Å². The molecule has 1 fully saturated rings. The number of phenolic OH excluding ortho intramolecular Hbond substituents is 1. The number of aryl methyl sites for hydroxylation is 1. The summed E-state index contributed by atoms with van der Waals surface area (Å²) in [5.41, 5.74) is 1.20. The number of hydrogen-bond donors (Lipinski definition) is 1. The Morgan fingerprint density at radius 3 is 2.86 bits per heavy atom. The van der Waals surface area contributed by atoms with Gasteiger partial charge < -0.3 is 14.7 Å². The molecular weight excluding hydrogens is 270 g/mol. The fourth-order valence-corrected chi connectivity index (χ4v) is 2.59. The summed E-state index contributed by atoms with van der Waals surface area (Å²) in [6, 6.07) is 4.81. The van der Waals surface area contributed by atoms with Gasteiger partial charge in [-0.15, -0.1) is 0 Å². The number of benzene rings is 1. The van der Waals surface area contributed by atoms with Crippen LogP contribution < -0.4 is 0 Å². The van der Waals surface area contributed by atoms with E-state index in [1.165, 1.54) is 6.07 Å². The molecule has 1 saturated heterocycles. The van der Waals surface area contributed by atoms with Gasteiger partial charge in [-0.05, 0) is 50.5 Å². The van der Waals surface area contributed by atoms with E-state index in [0.29, 0.717) is 30.8 Å². The van der Waals surface area contributed by atoms with Gasteiger partial charge in [0.2, 0.25) is 0 Å². The molecule has 0 radical (unpaired) electrons. The number of carbonyl (C=O) groups excluding carboxylic acids is 2. The Bertz CT molecular complexity index is 541. The molecule has 1 atom stereocenters. The van der Waals surface area contributed by atoms with Crippen LogP contribution in [0.1, 0.15) is 35.7 Å². The highest BCUT2D eigenvalue weighted by atomic mass is 16.5.